The molecule has 23 heavy (non-hydrogen) atoms. The maximum atomic E-state index is 12.3. The Hall–Kier alpha value is -1.17. The summed E-state index contributed by atoms with van der Waals surface area (Å²) in [6.07, 6.45) is 0. The number of urea groups is 1. The van der Waals surface area contributed by atoms with Crippen LogP contribution in [0, 0.1) is 0 Å². The average molecular weight is 350 g/mol. The third-order valence-electron chi connectivity index (χ3n) is 3.64. The van der Waals surface area contributed by atoms with Crippen molar-refractivity contribution < 1.29 is 61.1 Å². The van der Waals surface area contributed by atoms with Crippen molar-refractivity contribution in [3.8, 4) is 0 Å². The van der Waals surface area contributed by atoms with E-state index in [4.69, 9.17) is 4.74 Å². The molecule has 0 saturated carbocycles. The molecular formula is C12H11N2NaO7S. The molecule has 1 aromatic rings. The standard InChI is InChI=1S/C12H12N2O7S.Na/c1-20-11(15)10-8-5-3-2-4-7(8)9-6-13(10)12(16)14(9)21-22(17,18)19;/h2-5,9-10H,6H2,1H3,(H,17,18,19);/q;+1/p-1/t9-,10+;/m0./s1. The van der Waals surface area contributed by atoms with Crippen molar-refractivity contribution in [1.29, 1.82) is 0 Å². The molecule has 2 amide bonds. The van der Waals surface area contributed by atoms with Crippen LogP contribution >= 0.6 is 0 Å². The Morgan fingerprint density at radius 1 is 1.30 bits per heavy atom. The minimum absolute atomic E-state index is 0. The van der Waals surface area contributed by atoms with E-state index in [1.165, 1.54) is 7.11 Å². The Morgan fingerprint density at radius 3 is 2.48 bits per heavy atom. The van der Waals surface area contributed by atoms with Crippen LogP contribution in [0.2, 0.25) is 0 Å². The fourth-order valence-corrected chi connectivity index (χ4v) is 3.18. The van der Waals surface area contributed by atoms with Gasteiger partial charge in [-0.3, -0.25) is 0 Å². The Kier molecular flexibility index (Phi) is 5.04. The number of esters is 1. The monoisotopic (exact) mass is 350 g/mol. The van der Waals surface area contributed by atoms with Crippen molar-refractivity contribution in [2.75, 3.05) is 13.7 Å². The third-order valence-corrected chi connectivity index (χ3v) is 3.99. The average Bonchev–Trinajstić information content (AvgIpc) is 2.73. The van der Waals surface area contributed by atoms with E-state index < -0.39 is 34.5 Å². The smallest absolute Gasteiger partial charge is 0.724 e. The molecule has 0 unspecified atom stereocenters. The van der Waals surface area contributed by atoms with Crippen LogP contribution in [0.15, 0.2) is 24.3 Å². The summed E-state index contributed by atoms with van der Waals surface area (Å²) in [6.45, 7) is 0.0190. The summed E-state index contributed by atoms with van der Waals surface area (Å²) in [5.74, 6) is -0.661. The van der Waals surface area contributed by atoms with Gasteiger partial charge in [0.15, 0.2) is 6.04 Å². The number of methoxy groups -OCH3 is 1. The summed E-state index contributed by atoms with van der Waals surface area (Å²) in [5.41, 5.74) is 1.04. The predicted molar refractivity (Wildman–Crippen MR) is 68.7 cm³/mol. The Balaban J connectivity index is 0.00000192. The van der Waals surface area contributed by atoms with Gasteiger partial charge >= 0.3 is 41.6 Å². The number of hydrogen-bond acceptors (Lipinski definition) is 7. The molecule has 2 bridgehead atoms. The number of rotatable bonds is 3. The zero-order chi connectivity index (χ0) is 16.1. The predicted octanol–water partition coefficient (Wildman–Crippen LogP) is -2.91. The second-order valence-corrected chi connectivity index (χ2v) is 5.78. The minimum Gasteiger partial charge on any atom is -0.724 e. The topological polar surface area (TPSA) is 116 Å². The summed E-state index contributed by atoms with van der Waals surface area (Å²) >= 11 is 0. The van der Waals surface area contributed by atoms with E-state index in [1.807, 2.05) is 0 Å². The first kappa shape index (κ1) is 18.2. The van der Waals surface area contributed by atoms with E-state index in [-0.39, 0.29) is 36.1 Å². The quantitative estimate of drug-likeness (QED) is 0.248. The SMILES string of the molecule is COC(=O)[C@H]1c2ccccc2[C@@H]2CN1C(=O)N2OS(=O)(=O)[O-].[Na+]. The van der Waals surface area contributed by atoms with Gasteiger partial charge in [-0.15, -0.1) is 0 Å². The van der Waals surface area contributed by atoms with Crippen LogP contribution in [0.25, 0.3) is 0 Å². The number of ether oxygens (including phenoxy) is 1. The van der Waals surface area contributed by atoms with Crippen molar-refractivity contribution >= 4 is 22.4 Å². The van der Waals surface area contributed by atoms with E-state index in [9.17, 15) is 22.6 Å². The summed E-state index contributed by atoms with van der Waals surface area (Å²) in [5, 5.41) is 0.490. The third kappa shape index (κ3) is 3.10. The van der Waals surface area contributed by atoms with Crippen molar-refractivity contribution in [3.05, 3.63) is 35.4 Å². The second kappa shape index (κ2) is 6.38. The first-order valence-electron chi connectivity index (χ1n) is 6.25. The molecule has 2 heterocycles. The zero-order valence-electron chi connectivity index (χ0n) is 12.3. The Morgan fingerprint density at radius 2 is 1.91 bits per heavy atom. The molecular weight excluding hydrogens is 339 g/mol. The van der Waals surface area contributed by atoms with Gasteiger partial charge < -0.3 is 14.2 Å². The Labute approximate surface area is 154 Å². The molecule has 0 aromatic heterocycles. The minimum atomic E-state index is -5.11. The fourth-order valence-electron chi connectivity index (χ4n) is 2.82. The number of carbonyl (C=O) groups excluding carboxylic acids is 2. The number of hydroxylamine groups is 2. The van der Waals surface area contributed by atoms with E-state index in [1.54, 1.807) is 24.3 Å². The van der Waals surface area contributed by atoms with Crippen LogP contribution in [-0.2, 0) is 24.2 Å². The van der Waals surface area contributed by atoms with E-state index in [2.05, 4.69) is 4.28 Å². The van der Waals surface area contributed by atoms with Crippen molar-refractivity contribution in [3.63, 3.8) is 0 Å². The van der Waals surface area contributed by atoms with Gasteiger partial charge in [0.2, 0.25) is 10.4 Å². The van der Waals surface area contributed by atoms with Gasteiger partial charge in [-0.25, -0.2) is 18.0 Å². The summed E-state index contributed by atoms with van der Waals surface area (Å²) in [4.78, 5) is 25.4. The van der Waals surface area contributed by atoms with Gasteiger partial charge in [0.05, 0.1) is 13.7 Å². The second-order valence-electron chi connectivity index (χ2n) is 4.81. The molecule has 11 heteroatoms. The molecule has 1 fully saturated rings. The molecule has 0 spiro atoms. The molecule has 3 rings (SSSR count). The van der Waals surface area contributed by atoms with E-state index >= 15 is 0 Å². The largest absolute Gasteiger partial charge is 1.00 e. The van der Waals surface area contributed by atoms with Crippen LogP contribution in [0.3, 0.4) is 0 Å². The molecule has 118 valence electrons. The number of hydrogen-bond donors (Lipinski definition) is 0. The van der Waals surface area contributed by atoms with E-state index in [0.29, 0.717) is 16.2 Å². The molecule has 2 atom stereocenters. The molecule has 2 aliphatic heterocycles. The number of benzene rings is 1. The van der Waals surface area contributed by atoms with Crippen LogP contribution in [0.1, 0.15) is 23.2 Å². The summed E-state index contributed by atoms with van der Waals surface area (Å²) < 4.78 is 41.4. The van der Waals surface area contributed by atoms with Crippen molar-refractivity contribution in [2.24, 2.45) is 0 Å². The molecule has 0 aliphatic carbocycles. The van der Waals surface area contributed by atoms with Crippen LogP contribution in [0.4, 0.5) is 4.79 Å². The van der Waals surface area contributed by atoms with Crippen LogP contribution < -0.4 is 29.6 Å². The molecule has 2 aliphatic rings. The van der Waals surface area contributed by atoms with Gasteiger partial charge in [0.1, 0.15) is 6.04 Å². The normalized spacial score (nSPS) is 22.4. The zero-order valence-corrected chi connectivity index (χ0v) is 15.1. The van der Waals surface area contributed by atoms with Crippen molar-refractivity contribution in [2.45, 2.75) is 12.1 Å². The molecule has 0 N–H and O–H groups in total. The first-order chi connectivity index (χ1) is 10.3. The van der Waals surface area contributed by atoms with Gasteiger partial charge in [0, 0.05) is 0 Å². The molecule has 0 radical (unpaired) electrons. The van der Waals surface area contributed by atoms with Crippen molar-refractivity contribution in [1.82, 2.24) is 9.96 Å². The molecule has 9 nitrogen and oxygen atoms in total. The van der Waals surface area contributed by atoms with Gasteiger partial charge in [-0.05, 0) is 11.1 Å². The van der Waals surface area contributed by atoms with Crippen LogP contribution in [-0.4, -0.2) is 48.6 Å². The van der Waals surface area contributed by atoms with Gasteiger partial charge in [-0.1, -0.05) is 24.3 Å². The number of fused-ring (bicyclic) bond motifs is 4. The summed E-state index contributed by atoms with van der Waals surface area (Å²) in [6, 6.07) is 3.96. The number of carbonyl (C=O) groups is 2. The maximum absolute atomic E-state index is 12.3. The maximum Gasteiger partial charge on any atom is 1.00 e. The van der Waals surface area contributed by atoms with Crippen LogP contribution in [0.5, 0.6) is 0 Å². The number of nitrogens with zero attached hydrogens (tertiary/aromatic N) is 2. The van der Waals surface area contributed by atoms with Gasteiger partial charge in [-0.2, -0.15) is 9.35 Å². The summed E-state index contributed by atoms with van der Waals surface area (Å²) in [7, 11) is -3.92. The molecule has 1 aromatic carbocycles. The first-order valence-corrected chi connectivity index (χ1v) is 7.58. The van der Waals surface area contributed by atoms with E-state index in [0.717, 1.165) is 4.90 Å². The number of amides is 2. The fraction of sp³-hybridized carbons (Fsp3) is 0.333. The Bertz CT molecular complexity index is 754. The van der Waals surface area contributed by atoms with Gasteiger partial charge in [0.25, 0.3) is 0 Å². The molecule has 1 saturated heterocycles.